The Labute approximate surface area is 166 Å². The van der Waals surface area contributed by atoms with Gasteiger partial charge in [-0.1, -0.05) is 36.0 Å². The van der Waals surface area contributed by atoms with Gasteiger partial charge in [-0.25, -0.2) is 9.18 Å². The number of hydrogen-bond acceptors (Lipinski definition) is 4. The molecule has 0 aliphatic rings. The Morgan fingerprint density at radius 2 is 1.89 bits per heavy atom. The van der Waals surface area contributed by atoms with Gasteiger partial charge in [0.25, 0.3) is 5.91 Å². The summed E-state index contributed by atoms with van der Waals surface area (Å²) >= 11 is 1.25. The van der Waals surface area contributed by atoms with E-state index < -0.39 is 17.9 Å². The van der Waals surface area contributed by atoms with Crippen molar-refractivity contribution in [3.8, 4) is 0 Å². The highest BCUT2D eigenvalue weighted by Crippen LogP contribution is 2.26. The molecule has 0 saturated heterocycles. The average molecular weight is 400 g/mol. The number of amides is 1. The monoisotopic (exact) mass is 400 g/mol. The van der Waals surface area contributed by atoms with Gasteiger partial charge in [-0.05, 0) is 50.1 Å². The number of nitrogens with zero attached hydrogens (tertiary/aromatic N) is 2. The quantitative estimate of drug-likeness (QED) is 0.613. The highest BCUT2D eigenvalue weighted by molar-refractivity contribution is 7.16. The third kappa shape index (κ3) is 3.75. The van der Waals surface area contributed by atoms with E-state index in [-0.39, 0.29) is 5.82 Å². The van der Waals surface area contributed by atoms with Crippen LogP contribution in [0.15, 0.2) is 41.4 Å². The average Bonchev–Trinajstić information content (AvgIpc) is 3.00. The molecular weight excluding hydrogens is 379 g/mol. The van der Waals surface area contributed by atoms with Gasteiger partial charge in [-0.2, -0.15) is 4.99 Å². The largest absolute Gasteiger partial charge is 0.467 e. The maximum atomic E-state index is 14.2. The van der Waals surface area contributed by atoms with Crippen LogP contribution in [0.4, 0.5) is 4.39 Å². The van der Waals surface area contributed by atoms with Crippen LogP contribution in [-0.2, 0) is 9.53 Å². The molecule has 1 aromatic heterocycles. The number of aromatic nitrogens is 1. The summed E-state index contributed by atoms with van der Waals surface area (Å²) in [5.41, 5.74) is 2.49. The second-order valence-electron chi connectivity index (χ2n) is 6.55. The molecule has 0 radical (unpaired) electrons. The number of rotatable bonds is 4. The summed E-state index contributed by atoms with van der Waals surface area (Å²) < 4.78 is 21.5. The Kier molecular flexibility index (Phi) is 5.74. The Balaban J connectivity index is 2.25. The molecule has 1 unspecified atom stereocenters. The predicted octanol–water partition coefficient (Wildman–Crippen LogP) is 4.32. The van der Waals surface area contributed by atoms with Crippen molar-refractivity contribution in [1.29, 1.82) is 0 Å². The minimum absolute atomic E-state index is 0.336. The minimum Gasteiger partial charge on any atom is -0.467 e. The fraction of sp³-hybridized carbons (Fsp3) is 0.286. The van der Waals surface area contributed by atoms with Gasteiger partial charge in [0.2, 0.25) is 0 Å². The standard InChI is InChI=1S/C21H21FN2O3S/c1-5-16(20(26)27-4)24-17-11-15(22)13(3)10-18(17)28-21(24)23-19(25)14-8-6-12(2)7-9-14/h6-11,16H,5H2,1-4H3. The molecule has 0 aliphatic heterocycles. The Bertz CT molecular complexity index is 1110. The van der Waals surface area contributed by atoms with Crippen LogP contribution in [0.25, 0.3) is 10.2 Å². The molecule has 0 spiro atoms. The minimum atomic E-state index is -0.703. The molecule has 1 atom stereocenters. The van der Waals surface area contributed by atoms with E-state index in [1.807, 2.05) is 26.0 Å². The van der Waals surface area contributed by atoms with E-state index in [0.717, 1.165) is 10.3 Å². The molecular formula is C21H21FN2O3S. The first-order valence-electron chi connectivity index (χ1n) is 8.90. The third-order valence-corrected chi connectivity index (χ3v) is 5.59. The van der Waals surface area contributed by atoms with Gasteiger partial charge in [0.1, 0.15) is 11.9 Å². The number of thiazole rings is 1. The van der Waals surface area contributed by atoms with Crippen molar-refractivity contribution in [2.45, 2.75) is 33.2 Å². The van der Waals surface area contributed by atoms with Crippen molar-refractivity contribution in [2.75, 3.05) is 7.11 Å². The molecule has 5 nitrogen and oxygen atoms in total. The Morgan fingerprint density at radius 1 is 1.21 bits per heavy atom. The second kappa shape index (κ2) is 8.06. The number of fused-ring (bicyclic) bond motifs is 1. The van der Waals surface area contributed by atoms with Gasteiger partial charge in [0.15, 0.2) is 4.80 Å². The smallest absolute Gasteiger partial charge is 0.328 e. The van der Waals surface area contributed by atoms with Crippen LogP contribution in [0, 0.1) is 19.7 Å². The molecule has 0 N–H and O–H groups in total. The molecule has 2 aromatic carbocycles. The van der Waals surface area contributed by atoms with E-state index in [9.17, 15) is 14.0 Å². The summed E-state index contributed by atoms with van der Waals surface area (Å²) in [6.45, 7) is 5.43. The lowest BCUT2D eigenvalue weighted by Crippen LogP contribution is -2.28. The fourth-order valence-electron chi connectivity index (χ4n) is 2.98. The molecule has 1 amide bonds. The van der Waals surface area contributed by atoms with Gasteiger partial charge in [-0.3, -0.25) is 4.79 Å². The van der Waals surface area contributed by atoms with Crippen LogP contribution in [-0.4, -0.2) is 23.6 Å². The number of aryl methyl sites for hydroxylation is 2. The molecule has 0 aliphatic carbocycles. The van der Waals surface area contributed by atoms with E-state index in [2.05, 4.69) is 4.99 Å². The fourth-order valence-corrected chi connectivity index (χ4v) is 4.13. The zero-order valence-corrected chi connectivity index (χ0v) is 17.0. The predicted molar refractivity (Wildman–Crippen MR) is 107 cm³/mol. The summed E-state index contributed by atoms with van der Waals surface area (Å²) in [5.74, 6) is -1.26. The summed E-state index contributed by atoms with van der Waals surface area (Å²) in [4.78, 5) is 29.6. The molecule has 3 aromatic rings. The van der Waals surface area contributed by atoms with E-state index >= 15 is 0 Å². The molecule has 7 heteroatoms. The molecule has 3 rings (SSSR count). The van der Waals surface area contributed by atoms with Crippen molar-refractivity contribution < 1.29 is 18.7 Å². The van der Waals surface area contributed by atoms with Crippen molar-refractivity contribution in [3.63, 3.8) is 0 Å². The molecule has 1 heterocycles. The third-order valence-electron chi connectivity index (χ3n) is 4.57. The molecule has 146 valence electrons. The van der Waals surface area contributed by atoms with Crippen LogP contribution in [0.1, 0.15) is 40.9 Å². The van der Waals surface area contributed by atoms with E-state index in [0.29, 0.717) is 27.9 Å². The molecule has 0 saturated carbocycles. The van der Waals surface area contributed by atoms with Gasteiger partial charge in [-0.15, -0.1) is 0 Å². The van der Waals surface area contributed by atoms with E-state index in [4.69, 9.17) is 4.74 Å². The highest BCUT2D eigenvalue weighted by atomic mass is 32.1. The van der Waals surface area contributed by atoms with Crippen LogP contribution >= 0.6 is 11.3 Å². The van der Waals surface area contributed by atoms with E-state index in [1.54, 1.807) is 29.7 Å². The van der Waals surface area contributed by atoms with Crippen LogP contribution in [0.3, 0.4) is 0 Å². The van der Waals surface area contributed by atoms with Crippen molar-refractivity contribution in [2.24, 2.45) is 4.99 Å². The highest BCUT2D eigenvalue weighted by Gasteiger charge is 2.24. The van der Waals surface area contributed by atoms with Crippen molar-refractivity contribution in [3.05, 3.63) is 63.7 Å². The summed E-state index contributed by atoms with van der Waals surface area (Å²) in [5, 5.41) is 0. The van der Waals surface area contributed by atoms with Crippen molar-refractivity contribution in [1.82, 2.24) is 4.57 Å². The zero-order valence-electron chi connectivity index (χ0n) is 16.2. The van der Waals surface area contributed by atoms with Crippen LogP contribution in [0.2, 0.25) is 0 Å². The Morgan fingerprint density at radius 3 is 2.50 bits per heavy atom. The summed E-state index contributed by atoms with van der Waals surface area (Å²) in [6.07, 6.45) is 0.417. The van der Waals surface area contributed by atoms with Gasteiger partial charge in [0, 0.05) is 5.56 Å². The normalized spacial score (nSPS) is 13.0. The number of ether oxygens (including phenoxy) is 1. The maximum absolute atomic E-state index is 14.2. The van der Waals surface area contributed by atoms with Gasteiger partial charge >= 0.3 is 5.97 Å². The second-order valence-corrected chi connectivity index (χ2v) is 7.56. The lowest BCUT2D eigenvalue weighted by atomic mass is 10.1. The zero-order chi connectivity index (χ0) is 20.4. The number of halogens is 1. The first-order chi connectivity index (χ1) is 13.3. The number of carbonyl (C=O) groups is 2. The van der Waals surface area contributed by atoms with Gasteiger partial charge < -0.3 is 9.30 Å². The number of hydrogen-bond donors (Lipinski definition) is 0. The number of esters is 1. The lowest BCUT2D eigenvalue weighted by molar-refractivity contribution is -0.144. The molecule has 0 fully saturated rings. The summed E-state index contributed by atoms with van der Waals surface area (Å²) in [7, 11) is 1.30. The first kappa shape index (κ1) is 19.9. The summed E-state index contributed by atoms with van der Waals surface area (Å²) in [6, 6.07) is 9.46. The molecule has 28 heavy (non-hydrogen) atoms. The SMILES string of the molecule is CCC(C(=O)OC)n1c(=NC(=O)c2ccc(C)cc2)sc2cc(C)c(F)cc21. The molecule has 0 bridgehead atoms. The van der Waals surface area contributed by atoms with Crippen LogP contribution < -0.4 is 4.80 Å². The maximum Gasteiger partial charge on any atom is 0.328 e. The van der Waals surface area contributed by atoms with E-state index in [1.165, 1.54) is 24.5 Å². The number of carbonyl (C=O) groups excluding carboxylic acids is 2. The lowest BCUT2D eigenvalue weighted by Gasteiger charge is -2.15. The first-order valence-corrected chi connectivity index (χ1v) is 9.72. The Hall–Kier alpha value is -2.80. The van der Waals surface area contributed by atoms with Crippen molar-refractivity contribution >= 4 is 33.4 Å². The number of benzene rings is 2. The van der Waals surface area contributed by atoms with Crippen LogP contribution in [0.5, 0.6) is 0 Å². The van der Waals surface area contributed by atoms with Gasteiger partial charge in [0.05, 0.1) is 17.3 Å². The number of methoxy groups -OCH3 is 1. The topological polar surface area (TPSA) is 60.7 Å².